The highest BCUT2D eigenvalue weighted by atomic mass is 31.2. The van der Waals surface area contributed by atoms with E-state index in [2.05, 4.69) is 5.32 Å². The molecule has 1 rings (SSSR count). The van der Waals surface area contributed by atoms with Gasteiger partial charge < -0.3 is 13.6 Å². The van der Waals surface area contributed by atoms with Crippen LogP contribution in [0, 0.1) is 0 Å². The third kappa shape index (κ3) is 6.06. The fourth-order valence-electron chi connectivity index (χ4n) is 1.90. The van der Waals surface area contributed by atoms with Crippen molar-refractivity contribution in [1.82, 2.24) is 5.32 Å². The Labute approximate surface area is 127 Å². The van der Waals surface area contributed by atoms with Crippen molar-refractivity contribution in [2.75, 3.05) is 32.8 Å². The fraction of sp³-hybridized carbons (Fsp3) is 0.571. The summed E-state index contributed by atoms with van der Waals surface area (Å²) in [5.41, 5.74) is 0.802. The second-order valence-electron chi connectivity index (χ2n) is 5.12. The molecule has 0 saturated carbocycles. The standard InChI is InChI=1S/C14H25NO4P2/c1-5-18-21(17,19-6-2)14(15-12-20(3,4)16)13-10-8-7-9-11-13/h7-11,14-15H,5-6,12H2,1-4H3. The van der Waals surface area contributed by atoms with Gasteiger partial charge in [0.1, 0.15) is 5.78 Å². The molecule has 0 saturated heterocycles. The highest BCUT2D eigenvalue weighted by Crippen LogP contribution is 2.60. The summed E-state index contributed by atoms with van der Waals surface area (Å²) in [5, 5.41) is 3.11. The molecule has 1 atom stereocenters. The molecule has 7 heteroatoms. The summed E-state index contributed by atoms with van der Waals surface area (Å²) in [6, 6.07) is 9.34. The first-order valence-corrected chi connectivity index (χ1v) is 11.4. The molecular formula is C14H25NO4P2. The van der Waals surface area contributed by atoms with E-state index in [0.29, 0.717) is 0 Å². The quantitative estimate of drug-likeness (QED) is 0.689. The number of rotatable bonds is 9. The van der Waals surface area contributed by atoms with E-state index in [9.17, 15) is 9.13 Å². The van der Waals surface area contributed by atoms with Gasteiger partial charge in [-0.2, -0.15) is 0 Å². The minimum absolute atomic E-state index is 0.275. The lowest BCUT2D eigenvalue weighted by atomic mass is 10.2. The van der Waals surface area contributed by atoms with Crippen molar-refractivity contribution >= 4 is 14.7 Å². The molecule has 0 radical (unpaired) electrons. The molecule has 0 aliphatic rings. The van der Waals surface area contributed by atoms with Gasteiger partial charge in [-0.3, -0.25) is 9.88 Å². The molecular weight excluding hydrogens is 308 g/mol. The normalized spacial score (nSPS) is 14.1. The van der Waals surface area contributed by atoms with E-state index in [1.54, 1.807) is 27.2 Å². The number of hydrogen-bond acceptors (Lipinski definition) is 5. The van der Waals surface area contributed by atoms with Crippen LogP contribution in [0.5, 0.6) is 0 Å². The van der Waals surface area contributed by atoms with Crippen LogP contribution < -0.4 is 5.32 Å². The van der Waals surface area contributed by atoms with Gasteiger partial charge in [0, 0.05) is 6.29 Å². The van der Waals surface area contributed by atoms with Gasteiger partial charge in [0.25, 0.3) is 0 Å². The van der Waals surface area contributed by atoms with Crippen molar-refractivity contribution in [3.63, 3.8) is 0 Å². The monoisotopic (exact) mass is 333 g/mol. The van der Waals surface area contributed by atoms with E-state index in [4.69, 9.17) is 9.05 Å². The molecule has 0 aliphatic heterocycles. The maximum Gasteiger partial charge on any atom is 0.351 e. The molecule has 0 aromatic heterocycles. The van der Waals surface area contributed by atoms with E-state index in [1.165, 1.54) is 0 Å². The Morgan fingerprint density at radius 2 is 1.57 bits per heavy atom. The SMILES string of the molecule is CCOP(=O)(OCC)C(NCP(C)(C)=O)c1ccccc1. The first kappa shape index (κ1) is 18.6. The Hall–Kier alpha value is -0.440. The molecule has 0 bridgehead atoms. The smallest absolute Gasteiger partial charge is 0.323 e. The van der Waals surface area contributed by atoms with E-state index in [1.807, 2.05) is 30.3 Å². The first-order chi connectivity index (χ1) is 9.82. The van der Waals surface area contributed by atoms with Crippen LogP contribution >= 0.6 is 14.7 Å². The van der Waals surface area contributed by atoms with Gasteiger partial charge in [-0.05, 0) is 32.7 Å². The fourth-order valence-corrected chi connectivity index (χ4v) is 4.61. The van der Waals surface area contributed by atoms with Crippen LogP contribution in [0.3, 0.4) is 0 Å². The largest absolute Gasteiger partial charge is 0.351 e. The van der Waals surface area contributed by atoms with Crippen LogP contribution in [0.1, 0.15) is 25.2 Å². The van der Waals surface area contributed by atoms with Gasteiger partial charge >= 0.3 is 7.60 Å². The van der Waals surface area contributed by atoms with Crippen molar-refractivity contribution < 1.29 is 18.2 Å². The summed E-state index contributed by atoms with van der Waals surface area (Å²) in [6.07, 6.45) is 0.275. The van der Waals surface area contributed by atoms with Gasteiger partial charge in [-0.1, -0.05) is 30.3 Å². The summed E-state index contributed by atoms with van der Waals surface area (Å²) >= 11 is 0. The van der Waals surface area contributed by atoms with Gasteiger partial charge in [-0.15, -0.1) is 0 Å². The summed E-state index contributed by atoms with van der Waals surface area (Å²) in [5.74, 6) is -0.619. The van der Waals surface area contributed by atoms with Crippen molar-refractivity contribution in [1.29, 1.82) is 0 Å². The molecule has 120 valence electrons. The summed E-state index contributed by atoms with van der Waals surface area (Å²) in [6.45, 7) is 7.51. The second kappa shape index (κ2) is 8.26. The van der Waals surface area contributed by atoms with Crippen LogP contribution in [0.4, 0.5) is 0 Å². The molecule has 0 aliphatic carbocycles. The molecule has 5 nitrogen and oxygen atoms in total. The second-order valence-corrected chi connectivity index (χ2v) is 10.7. The van der Waals surface area contributed by atoms with Crippen molar-refractivity contribution in [2.24, 2.45) is 0 Å². The minimum Gasteiger partial charge on any atom is -0.323 e. The van der Waals surface area contributed by atoms with Gasteiger partial charge in [0.05, 0.1) is 20.4 Å². The molecule has 1 unspecified atom stereocenters. The third-order valence-electron chi connectivity index (χ3n) is 2.72. The third-order valence-corrected chi connectivity index (χ3v) is 6.01. The van der Waals surface area contributed by atoms with Gasteiger partial charge in [0.2, 0.25) is 0 Å². The van der Waals surface area contributed by atoms with E-state index in [-0.39, 0.29) is 19.5 Å². The average Bonchev–Trinajstić information content (AvgIpc) is 2.39. The summed E-state index contributed by atoms with van der Waals surface area (Å²) in [4.78, 5) is 0. The van der Waals surface area contributed by atoms with Crippen LogP contribution in [0.15, 0.2) is 30.3 Å². The molecule has 0 spiro atoms. The highest BCUT2D eigenvalue weighted by molar-refractivity contribution is 7.62. The molecule has 1 aromatic rings. The number of hydrogen-bond donors (Lipinski definition) is 1. The van der Waals surface area contributed by atoms with E-state index < -0.39 is 20.5 Å². The predicted molar refractivity (Wildman–Crippen MR) is 87.5 cm³/mol. The molecule has 1 aromatic carbocycles. The molecule has 21 heavy (non-hydrogen) atoms. The summed E-state index contributed by atoms with van der Waals surface area (Å²) in [7, 11) is -5.66. The Balaban J connectivity index is 3.10. The van der Waals surface area contributed by atoms with Crippen LogP contribution in [-0.2, 0) is 18.2 Å². The average molecular weight is 333 g/mol. The van der Waals surface area contributed by atoms with Gasteiger partial charge in [-0.25, -0.2) is 0 Å². The van der Waals surface area contributed by atoms with Crippen molar-refractivity contribution in [2.45, 2.75) is 19.6 Å². The number of benzene rings is 1. The van der Waals surface area contributed by atoms with Crippen molar-refractivity contribution in [3.8, 4) is 0 Å². The van der Waals surface area contributed by atoms with E-state index in [0.717, 1.165) is 5.56 Å². The first-order valence-electron chi connectivity index (χ1n) is 7.03. The Morgan fingerprint density at radius 3 is 2.00 bits per heavy atom. The van der Waals surface area contributed by atoms with Crippen LogP contribution in [0.25, 0.3) is 0 Å². The lowest BCUT2D eigenvalue weighted by molar-refractivity contribution is 0.208. The molecule has 0 fully saturated rings. The lowest BCUT2D eigenvalue weighted by Gasteiger charge is -2.28. The molecule has 0 amide bonds. The number of nitrogens with one attached hydrogen (secondary N) is 1. The van der Waals surface area contributed by atoms with E-state index >= 15 is 0 Å². The zero-order chi connectivity index (χ0) is 15.9. The van der Waals surface area contributed by atoms with Crippen molar-refractivity contribution in [3.05, 3.63) is 35.9 Å². The van der Waals surface area contributed by atoms with Gasteiger partial charge in [0.15, 0.2) is 0 Å². The Kier molecular flexibility index (Phi) is 7.32. The minimum atomic E-state index is -3.37. The maximum atomic E-state index is 13.0. The molecule has 1 N–H and O–H groups in total. The molecule has 0 heterocycles. The highest BCUT2D eigenvalue weighted by Gasteiger charge is 2.37. The van der Waals surface area contributed by atoms with Crippen LogP contribution in [0.2, 0.25) is 0 Å². The lowest BCUT2D eigenvalue weighted by Crippen LogP contribution is -2.24. The summed E-state index contributed by atoms with van der Waals surface area (Å²) < 4.78 is 35.9. The Morgan fingerprint density at radius 1 is 1.05 bits per heavy atom. The maximum absolute atomic E-state index is 13.0. The zero-order valence-electron chi connectivity index (χ0n) is 13.1. The van der Waals surface area contributed by atoms with Crippen LogP contribution in [-0.4, -0.2) is 32.8 Å². The predicted octanol–water partition coefficient (Wildman–Crippen LogP) is 4.12. The Bertz CT molecular complexity index is 505. The zero-order valence-corrected chi connectivity index (χ0v) is 14.9. The topological polar surface area (TPSA) is 64.6 Å².